The van der Waals surface area contributed by atoms with Gasteiger partial charge in [-0.2, -0.15) is 5.10 Å². The molecule has 0 fully saturated rings. The number of hydrogen-bond donors (Lipinski definition) is 0. The Morgan fingerprint density at radius 2 is 1.93 bits per heavy atom. The van der Waals surface area contributed by atoms with Crippen molar-refractivity contribution in [1.82, 2.24) is 19.9 Å². The van der Waals surface area contributed by atoms with Crippen LogP contribution in [0, 0.1) is 13.8 Å². The molecule has 2 rings (SSSR count). The zero-order valence-corrected chi connectivity index (χ0v) is 8.62. The Kier molecular flexibility index (Phi) is 2.53. The van der Waals surface area contributed by atoms with Crippen molar-refractivity contribution in [1.29, 1.82) is 0 Å². The molecule has 5 heteroatoms. The van der Waals surface area contributed by atoms with Crippen LogP contribution < -0.4 is 0 Å². The smallest absolute Gasteiger partial charge is 0.151 e. The van der Waals surface area contributed by atoms with E-state index in [1.54, 1.807) is 17.1 Å². The lowest BCUT2D eigenvalue weighted by atomic mass is 10.4. The molecule has 2 aromatic heterocycles. The third kappa shape index (κ3) is 2.07. The first-order chi connectivity index (χ1) is 7.27. The molecule has 0 aromatic carbocycles. The second-order valence-electron chi connectivity index (χ2n) is 3.11. The van der Waals surface area contributed by atoms with Gasteiger partial charge in [-0.1, -0.05) is 6.07 Å². The summed E-state index contributed by atoms with van der Waals surface area (Å²) >= 11 is 0. The van der Waals surface area contributed by atoms with Gasteiger partial charge in [0.05, 0.1) is 11.9 Å². The average Bonchev–Trinajstić information content (AvgIpc) is 2.58. The summed E-state index contributed by atoms with van der Waals surface area (Å²) in [5.74, 6) is 1.53. The summed E-state index contributed by atoms with van der Waals surface area (Å²) in [7, 11) is 0. The minimum absolute atomic E-state index is 0.764. The topological polar surface area (TPSA) is 56.0 Å². The van der Waals surface area contributed by atoms with E-state index in [1.807, 2.05) is 32.0 Å². The van der Waals surface area contributed by atoms with Crippen LogP contribution in [0.5, 0.6) is 0 Å². The van der Waals surface area contributed by atoms with Crippen LogP contribution in [0.4, 0.5) is 0 Å². The van der Waals surface area contributed by atoms with E-state index in [2.05, 4.69) is 20.3 Å². The number of rotatable bonds is 2. The molecule has 2 aromatic rings. The molecule has 0 radical (unpaired) electrons. The van der Waals surface area contributed by atoms with Gasteiger partial charge in [0.2, 0.25) is 0 Å². The summed E-state index contributed by atoms with van der Waals surface area (Å²) in [5.41, 5.74) is 0.810. The first kappa shape index (κ1) is 9.51. The third-order valence-corrected chi connectivity index (χ3v) is 1.95. The molecular weight excluding hydrogens is 190 g/mol. The first-order valence-electron chi connectivity index (χ1n) is 4.61. The van der Waals surface area contributed by atoms with Crippen LogP contribution in [0.2, 0.25) is 0 Å². The van der Waals surface area contributed by atoms with Gasteiger partial charge in [0.25, 0.3) is 0 Å². The molecule has 0 atom stereocenters. The molecular formula is C10H11N5. The molecule has 0 spiro atoms. The Morgan fingerprint density at radius 1 is 1.20 bits per heavy atom. The van der Waals surface area contributed by atoms with Crippen molar-refractivity contribution in [3.63, 3.8) is 0 Å². The highest BCUT2D eigenvalue weighted by Gasteiger charge is 2.00. The van der Waals surface area contributed by atoms with Crippen LogP contribution in [0.25, 0.3) is 0 Å². The van der Waals surface area contributed by atoms with Crippen LogP contribution in [0.1, 0.15) is 17.3 Å². The fourth-order valence-electron chi connectivity index (χ4n) is 1.20. The summed E-state index contributed by atoms with van der Waals surface area (Å²) in [6.07, 6.45) is 3.41. The Balaban J connectivity index is 2.26. The van der Waals surface area contributed by atoms with E-state index in [4.69, 9.17) is 0 Å². The van der Waals surface area contributed by atoms with Crippen molar-refractivity contribution >= 4 is 6.21 Å². The zero-order chi connectivity index (χ0) is 10.7. The molecule has 0 bridgehead atoms. The van der Waals surface area contributed by atoms with Crippen molar-refractivity contribution in [2.75, 3.05) is 0 Å². The number of aryl methyl sites for hydroxylation is 2. The van der Waals surface area contributed by atoms with Crippen LogP contribution in [0.15, 0.2) is 29.5 Å². The van der Waals surface area contributed by atoms with Crippen molar-refractivity contribution in [3.05, 3.63) is 41.7 Å². The maximum atomic E-state index is 4.24. The van der Waals surface area contributed by atoms with Crippen molar-refractivity contribution in [2.24, 2.45) is 5.10 Å². The lowest BCUT2D eigenvalue weighted by Crippen LogP contribution is -1.96. The van der Waals surface area contributed by atoms with Gasteiger partial charge in [0, 0.05) is 6.20 Å². The lowest BCUT2D eigenvalue weighted by molar-refractivity contribution is 0.798. The van der Waals surface area contributed by atoms with Crippen LogP contribution in [0.3, 0.4) is 0 Å². The molecule has 0 amide bonds. The van der Waals surface area contributed by atoms with Crippen molar-refractivity contribution in [2.45, 2.75) is 13.8 Å². The number of hydrogen-bond acceptors (Lipinski definition) is 4. The second kappa shape index (κ2) is 4.00. The largest absolute Gasteiger partial charge is 0.255 e. The average molecular weight is 201 g/mol. The summed E-state index contributed by atoms with van der Waals surface area (Å²) in [6, 6.07) is 5.67. The highest BCUT2D eigenvalue weighted by molar-refractivity contribution is 5.76. The number of pyridine rings is 1. The Labute approximate surface area is 87.5 Å². The van der Waals surface area contributed by atoms with Gasteiger partial charge in [-0.3, -0.25) is 4.98 Å². The van der Waals surface area contributed by atoms with Crippen LogP contribution >= 0.6 is 0 Å². The Hall–Kier alpha value is -2.04. The Morgan fingerprint density at radius 3 is 2.53 bits per heavy atom. The SMILES string of the molecule is Cc1nnc(C)n1/N=C\c1ccccn1. The van der Waals surface area contributed by atoms with Crippen molar-refractivity contribution < 1.29 is 0 Å². The maximum Gasteiger partial charge on any atom is 0.151 e. The van der Waals surface area contributed by atoms with Crippen LogP contribution in [-0.4, -0.2) is 26.1 Å². The van der Waals surface area contributed by atoms with E-state index < -0.39 is 0 Å². The summed E-state index contributed by atoms with van der Waals surface area (Å²) in [6.45, 7) is 3.71. The van der Waals surface area contributed by atoms with E-state index in [1.165, 1.54) is 0 Å². The van der Waals surface area contributed by atoms with Gasteiger partial charge in [-0.05, 0) is 26.0 Å². The number of aromatic nitrogens is 4. The molecule has 0 aliphatic carbocycles. The Bertz CT molecular complexity index is 452. The molecule has 0 aliphatic heterocycles. The van der Waals surface area contributed by atoms with Gasteiger partial charge >= 0.3 is 0 Å². The molecule has 0 saturated heterocycles. The van der Waals surface area contributed by atoms with E-state index in [0.717, 1.165) is 17.3 Å². The zero-order valence-electron chi connectivity index (χ0n) is 8.62. The van der Waals surface area contributed by atoms with Gasteiger partial charge < -0.3 is 0 Å². The second-order valence-corrected chi connectivity index (χ2v) is 3.11. The van der Waals surface area contributed by atoms with E-state index in [9.17, 15) is 0 Å². The summed E-state index contributed by atoms with van der Waals surface area (Å²) in [4.78, 5) is 4.13. The minimum Gasteiger partial charge on any atom is -0.255 e. The molecule has 5 nitrogen and oxygen atoms in total. The lowest BCUT2D eigenvalue weighted by Gasteiger charge is -1.96. The quantitative estimate of drug-likeness (QED) is 0.685. The predicted molar refractivity (Wildman–Crippen MR) is 56.7 cm³/mol. The number of nitrogens with zero attached hydrogens (tertiary/aromatic N) is 5. The highest BCUT2D eigenvalue weighted by atomic mass is 15.4. The molecule has 76 valence electrons. The van der Waals surface area contributed by atoms with Gasteiger partial charge in [-0.15, -0.1) is 10.2 Å². The fourth-order valence-corrected chi connectivity index (χ4v) is 1.20. The van der Waals surface area contributed by atoms with Crippen molar-refractivity contribution in [3.8, 4) is 0 Å². The van der Waals surface area contributed by atoms with Gasteiger partial charge in [0.15, 0.2) is 11.6 Å². The summed E-state index contributed by atoms with van der Waals surface area (Å²) in [5, 5.41) is 12.1. The fraction of sp³-hybridized carbons (Fsp3) is 0.200. The van der Waals surface area contributed by atoms with E-state index in [-0.39, 0.29) is 0 Å². The van der Waals surface area contributed by atoms with Gasteiger partial charge in [0.1, 0.15) is 0 Å². The third-order valence-electron chi connectivity index (χ3n) is 1.95. The van der Waals surface area contributed by atoms with Crippen LogP contribution in [-0.2, 0) is 0 Å². The first-order valence-corrected chi connectivity index (χ1v) is 4.61. The van der Waals surface area contributed by atoms with Gasteiger partial charge in [-0.25, -0.2) is 4.68 Å². The standard InChI is InChI=1S/C10H11N5/c1-8-13-14-9(2)15(8)12-7-10-5-3-4-6-11-10/h3-7H,1-2H3/b12-7-. The molecule has 2 heterocycles. The molecule has 15 heavy (non-hydrogen) atoms. The molecule has 0 unspecified atom stereocenters. The van der Waals surface area contributed by atoms with E-state index >= 15 is 0 Å². The predicted octanol–water partition coefficient (Wildman–Crippen LogP) is 1.17. The maximum absolute atomic E-state index is 4.24. The summed E-state index contributed by atoms with van der Waals surface area (Å²) < 4.78 is 1.68. The molecule has 0 saturated carbocycles. The van der Waals surface area contributed by atoms with E-state index in [0.29, 0.717) is 0 Å². The monoisotopic (exact) mass is 201 g/mol. The normalized spacial score (nSPS) is 11.1. The molecule has 0 aliphatic rings. The molecule has 0 N–H and O–H groups in total. The minimum atomic E-state index is 0.764. The highest BCUT2D eigenvalue weighted by Crippen LogP contribution is 1.98.